The molecule has 150 valence electrons. The molecule has 0 unspecified atom stereocenters. The predicted molar refractivity (Wildman–Crippen MR) is 114 cm³/mol. The Bertz CT molecular complexity index is 1230. The van der Waals surface area contributed by atoms with E-state index in [1.54, 1.807) is 29.4 Å². The van der Waals surface area contributed by atoms with Gasteiger partial charge in [-0.15, -0.1) is 0 Å². The van der Waals surface area contributed by atoms with Gasteiger partial charge >= 0.3 is 0 Å². The van der Waals surface area contributed by atoms with Gasteiger partial charge in [0, 0.05) is 24.0 Å². The molecule has 0 radical (unpaired) electrons. The smallest absolute Gasteiger partial charge is 0.247 e. The first-order valence-corrected chi connectivity index (χ1v) is 9.92. The molecule has 1 amide bonds. The molecule has 0 saturated heterocycles. The number of hydrogen-bond donors (Lipinski definition) is 0. The van der Waals surface area contributed by atoms with Crippen LogP contribution in [0, 0.1) is 13.8 Å². The van der Waals surface area contributed by atoms with Crippen LogP contribution in [0.1, 0.15) is 28.1 Å². The van der Waals surface area contributed by atoms with Crippen molar-refractivity contribution in [3.8, 4) is 11.5 Å². The highest BCUT2D eigenvalue weighted by Crippen LogP contribution is 2.31. The number of carbonyl (C=O) groups is 1. The minimum atomic E-state index is -0.0550. The summed E-state index contributed by atoms with van der Waals surface area (Å²) in [5.74, 6) is 1.58. The van der Waals surface area contributed by atoms with Crippen LogP contribution in [0.5, 0.6) is 0 Å². The van der Waals surface area contributed by atoms with Crippen molar-refractivity contribution < 1.29 is 9.21 Å². The van der Waals surface area contributed by atoms with Gasteiger partial charge in [0.25, 0.3) is 0 Å². The zero-order valence-electron chi connectivity index (χ0n) is 16.9. The summed E-state index contributed by atoms with van der Waals surface area (Å²) >= 11 is 0. The second kappa shape index (κ2) is 7.22. The summed E-state index contributed by atoms with van der Waals surface area (Å²) in [5.41, 5.74) is 5.50. The van der Waals surface area contributed by atoms with Crippen LogP contribution in [-0.4, -0.2) is 25.2 Å². The van der Waals surface area contributed by atoms with Gasteiger partial charge in [-0.05, 0) is 67.4 Å². The second-order valence-corrected chi connectivity index (χ2v) is 7.56. The molecule has 0 N–H and O–H groups in total. The SMILES string of the molecule is Cc1ccc(-n2nc3c(c2-n2cccc2)CN(C(=O)/C=C/c2ccco2)C3)cc1C. The van der Waals surface area contributed by atoms with Crippen molar-refractivity contribution in [3.63, 3.8) is 0 Å². The first kappa shape index (κ1) is 18.2. The molecule has 0 spiro atoms. The van der Waals surface area contributed by atoms with Gasteiger partial charge in [-0.25, -0.2) is 4.68 Å². The van der Waals surface area contributed by atoms with E-state index in [1.807, 2.05) is 35.3 Å². The number of amides is 1. The maximum absolute atomic E-state index is 12.7. The Morgan fingerprint density at radius 3 is 2.63 bits per heavy atom. The molecule has 30 heavy (non-hydrogen) atoms. The quantitative estimate of drug-likeness (QED) is 0.478. The third-order valence-electron chi connectivity index (χ3n) is 5.56. The van der Waals surface area contributed by atoms with E-state index < -0.39 is 0 Å². The van der Waals surface area contributed by atoms with E-state index in [1.165, 1.54) is 11.1 Å². The molecule has 3 aromatic heterocycles. The van der Waals surface area contributed by atoms with Crippen molar-refractivity contribution in [2.75, 3.05) is 0 Å². The van der Waals surface area contributed by atoms with Crippen molar-refractivity contribution in [1.29, 1.82) is 0 Å². The number of aryl methyl sites for hydroxylation is 2. The lowest BCUT2D eigenvalue weighted by Crippen LogP contribution is -2.24. The standard InChI is InChI=1S/C24H22N4O2/c1-17-7-8-19(14-18(17)2)28-24(26-11-3-4-12-26)21-15-27(16-22(21)25-28)23(29)10-9-20-6-5-13-30-20/h3-14H,15-16H2,1-2H3/b10-9+. The highest BCUT2D eigenvalue weighted by Gasteiger charge is 2.30. The largest absolute Gasteiger partial charge is 0.465 e. The van der Waals surface area contributed by atoms with E-state index in [0.29, 0.717) is 18.8 Å². The zero-order valence-corrected chi connectivity index (χ0v) is 16.9. The fourth-order valence-electron chi connectivity index (χ4n) is 3.78. The third kappa shape index (κ3) is 3.16. The number of aromatic nitrogens is 3. The van der Waals surface area contributed by atoms with E-state index in [2.05, 4.69) is 36.6 Å². The molecule has 0 atom stereocenters. The molecule has 0 aliphatic carbocycles. The van der Waals surface area contributed by atoms with E-state index in [9.17, 15) is 4.79 Å². The van der Waals surface area contributed by atoms with Crippen LogP contribution < -0.4 is 0 Å². The highest BCUT2D eigenvalue weighted by molar-refractivity contribution is 5.91. The van der Waals surface area contributed by atoms with Crippen LogP contribution in [-0.2, 0) is 17.9 Å². The number of nitrogens with zero attached hydrogens (tertiary/aromatic N) is 4. The van der Waals surface area contributed by atoms with E-state index in [-0.39, 0.29) is 5.91 Å². The number of carbonyl (C=O) groups excluding carboxylic acids is 1. The lowest BCUT2D eigenvalue weighted by Gasteiger charge is -2.16. The van der Waals surface area contributed by atoms with Gasteiger partial charge in [0.2, 0.25) is 5.91 Å². The lowest BCUT2D eigenvalue weighted by molar-refractivity contribution is -0.126. The number of benzene rings is 1. The first-order chi connectivity index (χ1) is 14.6. The van der Waals surface area contributed by atoms with Gasteiger partial charge in [0.1, 0.15) is 11.6 Å². The van der Waals surface area contributed by atoms with Crippen molar-refractivity contribution in [3.05, 3.63) is 95.3 Å². The van der Waals surface area contributed by atoms with Gasteiger partial charge in [-0.2, -0.15) is 5.10 Å². The third-order valence-corrected chi connectivity index (χ3v) is 5.56. The number of fused-ring (bicyclic) bond motifs is 1. The molecule has 6 heteroatoms. The molecule has 0 bridgehead atoms. The first-order valence-electron chi connectivity index (χ1n) is 9.92. The summed E-state index contributed by atoms with van der Waals surface area (Å²) in [6, 6.07) is 14.0. The predicted octanol–water partition coefficient (Wildman–Crippen LogP) is 4.43. The molecule has 1 aromatic carbocycles. The Labute approximate surface area is 174 Å². The number of hydrogen-bond acceptors (Lipinski definition) is 3. The molecule has 1 aliphatic rings. The molecule has 5 rings (SSSR count). The Morgan fingerprint density at radius 2 is 1.90 bits per heavy atom. The van der Waals surface area contributed by atoms with Crippen LogP contribution in [0.3, 0.4) is 0 Å². The lowest BCUT2D eigenvalue weighted by atomic mass is 10.1. The molecule has 1 aliphatic heterocycles. The Morgan fingerprint density at radius 1 is 1.07 bits per heavy atom. The number of furan rings is 1. The van der Waals surface area contributed by atoms with Crippen molar-refractivity contribution in [2.24, 2.45) is 0 Å². The zero-order chi connectivity index (χ0) is 20.7. The summed E-state index contributed by atoms with van der Waals surface area (Å²) in [4.78, 5) is 14.5. The molecular formula is C24H22N4O2. The van der Waals surface area contributed by atoms with Gasteiger partial charge in [-0.3, -0.25) is 4.79 Å². The van der Waals surface area contributed by atoms with Crippen molar-refractivity contribution in [1.82, 2.24) is 19.2 Å². The van der Waals surface area contributed by atoms with Gasteiger partial charge < -0.3 is 13.9 Å². The van der Waals surface area contributed by atoms with E-state index >= 15 is 0 Å². The van der Waals surface area contributed by atoms with Crippen molar-refractivity contribution >= 4 is 12.0 Å². The Kier molecular flexibility index (Phi) is 4.39. The topological polar surface area (TPSA) is 56.2 Å². The molecule has 6 nitrogen and oxygen atoms in total. The summed E-state index contributed by atoms with van der Waals surface area (Å²) in [6.07, 6.45) is 8.86. The summed E-state index contributed by atoms with van der Waals surface area (Å²) in [6.45, 7) is 5.23. The molecule has 0 saturated carbocycles. The minimum Gasteiger partial charge on any atom is -0.465 e. The summed E-state index contributed by atoms with van der Waals surface area (Å²) in [7, 11) is 0. The van der Waals surface area contributed by atoms with E-state index in [4.69, 9.17) is 9.52 Å². The Hall–Kier alpha value is -3.80. The average Bonchev–Trinajstić information content (AvgIpc) is 3.51. The van der Waals surface area contributed by atoms with Gasteiger partial charge in [-0.1, -0.05) is 6.07 Å². The summed E-state index contributed by atoms with van der Waals surface area (Å²) < 4.78 is 9.31. The van der Waals surface area contributed by atoms with Gasteiger partial charge in [0.15, 0.2) is 0 Å². The monoisotopic (exact) mass is 398 g/mol. The maximum atomic E-state index is 12.7. The molecule has 4 aromatic rings. The van der Waals surface area contributed by atoms with Crippen LogP contribution in [0.25, 0.3) is 17.6 Å². The number of rotatable bonds is 4. The second-order valence-electron chi connectivity index (χ2n) is 7.56. The van der Waals surface area contributed by atoms with Gasteiger partial charge in [0.05, 0.1) is 30.7 Å². The normalized spacial score (nSPS) is 13.3. The van der Waals surface area contributed by atoms with Crippen LogP contribution >= 0.6 is 0 Å². The average molecular weight is 398 g/mol. The fourth-order valence-corrected chi connectivity index (χ4v) is 3.78. The van der Waals surface area contributed by atoms with Crippen LogP contribution in [0.15, 0.2) is 71.6 Å². The molecule has 4 heterocycles. The molecular weight excluding hydrogens is 376 g/mol. The molecule has 0 fully saturated rings. The fraction of sp³-hybridized carbons (Fsp3) is 0.167. The maximum Gasteiger partial charge on any atom is 0.247 e. The van der Waals surface area contributed by atoms with Crippen LogP contribution in [0.4, 0.5) is 0 Å². The van der Waals surface area contributed by atoms with E-state index in [0.717, 1.165) is 22.8 Å². The van der Waals surface area contributed by atoms with Crippen LogP contribution in [0.2, 0.25) is 0 Å². The summed E-state index contributed by atoms with van der Waals surface area (Å²) in [5, 5.41) is 4.89. The highest BCUT2D eigenvalue weighted by atomic mass is 16.3. The minimum absolute atomic E-state index is 0.0550. The van der Waals surface area contributed by atoms with Crippen molar-refractivity contribution in [2.45, 2.75) is 26.9 Å². The Balaban J connectivity index is 1.49.